The summed E-state index contributed by atoms with van der Waals surface area (Å²) in [7, 11) is 0. The van der Waals surface area contributed by atoms with Crippen LogP contribution >= 0.6 is 0 Å². The highest BCUT2D eigenvalue weighted by atomic mass is 19.1. The van der Waals surface area contributed by atoms with Crippen molar-refractivity contribution in [3.63, 3.8) is 0 Å². The Morgan fingerprint density at radius 2 is 1.79 bits per heavy atom. The van der Waals surface area contributed by atoms with E-state index in [2.05, 4.69) is 0 Å². The minimum atomic E-state index is -1.09. The summed E-state index contributed by atoms with van der Waals surface area (Å²) in [6.07, 6.45) is 0.0722. The van der Waals surface area contributed by atoms with Crippen LogP contribution in [0.4, 0.5) is 4.39 Å². The molecule has 0 unspecified atom stereocenters. The number of nitrogens with two attached hydrogens (primary N) is 1. The van der Waals surface area contributed by atoms with Crippen LogP contribution in [0.25, 0.3) is 0 Å². The van der Waals surface area contributed by atoms with Gasteiger partial charge >= 0.3 is 11.8 Å². The normalized spacial score (nSPS) is 10.0. The Morgan fingerprint density at radius 1 is 1.21 bits per heavy atom. The second-order valence-corrected chi connectivity index (χ2v) is 4.03. The van der Waals surface area contributed by atoms with E-state index in [1.807, 2.05) is 0 Å². The SMILES string of the molecule is CCN(CC(=O)Cc1ccc(F)cc1)C(=O)C(N)=O. The quantitative estimate of drug-likeness (QED) is 0.777. The first kappa shape index (κ1) is 14.8. The number of carbonyl (C=O) groups is 3. The predicted molar refractivity (Wildman–Crippen MR) is 66.6 cm³/mol. The Labute approximate surface area is 110 Å². The van der Waals surface area contributed by atoms with Gasteiger partial charge in [-0.05, 0) is 24.6 Å². The summed E-state index contributed by atoms with van der Waals surface area (Å²) in [5, 5.41) is 0. The van der Waals surface area contributed by atoms with E-state index in [-0.39, 0.29) is 31.1 Å². The number of carbonyl (C=O) groups excluding carboxylic acids is 3. The van der Waals surface area contributed by atoms with E-state index in [1.165, 1.54) is 24.3 Å². The molecule has 0 aliphatic carbocycles. The third-order valence-corrected chi connectivity index (χ3v) is 2.56. The third-order valence-electron chi connectivity index (χ3n) is 2.56. The van der Waals surface area contributed by atoms with Crippen molar-refractivity contribution < 1.29 is 18.8 Å². The number of primary amides is 1. The van der Waals surface area contributed by atoms with Crippen LogP contribution in [-0.2, 0) is 20.8 Å². The van der Waals surface area contributed by atoms with Gasteiger partial charge in [0.2, 0.25) is 0 Å². The fraction of sp³-hybridized carbons (Fsp3) is 0.308. The van der Waals surface area contributed by atoms with Crippen LogP contribution in [0, 0.1) is 5.82 Å². The summed E-state index contributed by atoms with van der Waals surface area (Å²) in [4.78, 5) is 34.9. The zero-order valence-corrected chi connectivity index (χ0v) is 10.6. The number of benzene rings is 1. The van der Waals surface area contributed by atoms with Gasteiger partial charge in [0.1, 0.15) is 5.82 Å². The smallest absolute Gasteiger partial charge is 0.312 e. The number of halogens is 1. The van der Waals surface area contributed by atoms with Gasteiger partial charge in [-0.1, -0.05) is 12.1 Å². The second-order valence-electron chi connectivity index (χ2n) is 4.03. The molecule has 0 fully saturated rings. The Hall–Kier alpha value is -2.24. The van der Waals surface area contributed by atoms with Crippen molar-refractivity contribution >= 4 is 17.6 Å². The van der Waals surface area contributed by atoms with E-state index in [0.717, 1.165) is 4.90 Å². The number of hydrogen-bond acceptors (Lipinski definition) is 3. The minimum Gasteiger partial charge on any atom is -0.361 e. The van der Waals surface area contributed by atoms with Gasteiger partial charge in [-0.3, -0.25) is 14.4 Å². The Morgan fingerprint density at radius 3 is 2.26 bits per heavy atom. The van der Waals surface area contributed by atoms with Crippen molar-refractivity contribution in [1.29, 1.82) is 0 Å². The van der Waals surface area contributed by atoms with Crippen LogP contribution in [0.3, 0.4) is 0 Å². The topological polar surface area (TPSA) is 80.5 Å². The number of nitrogens with zero attached hydrogens (tertiary/aromatic N) is 1. The van der Waals surface area contributed by atoms with Crippen molar-refractivity contribution in [3.05, 3.63) is 35.6 Å². The molecule has 0 aromatic heterocycles. The molecular formula is C13H15FN2O3. The molecule has 1 aromatic carbocycles. The Bertz CT molecular complexity index is 485. The lowest BCUT2D eigenvalue weighted by atomic mass is 10.1. The molecule has 0 saturated carbocycles. The van der Waals surface area contributed by atoms with Crippen molar-refractivity contribution in [2.75, 3.05) is 13.1 Å². The Balaban J connectivity index is 2.61. The first-order valence-electron chi connectivity index (χ1n) is 5.79. The lowest BCUT2D eigenvalue weighted by Crippen LogP contribution is -2.43. The summed E-state index contributed by atoms with van der Waals surface area (Å²) < 4.78 is 12.7. The van der Waals surface area contributed by atoms with Crippen LogP contribution in [0.15, 0.2) is 24.3 Å². The lowest BCUT2D eigenvalue weighted by Gasteiger charge is -2.17. The van der Waals surface area contributed by atoms with Crippen molar-refractivity contribution in [3.8, 4) is 0 Å². The zero-order valence-electron chi connectivity index (χ0n) is 10.6. The molecule has 1 aromatic rings. The number of rotatable bonds is 5. The second kappa shape index (κ2) is 6.63. The number of ketones is 1. The highest BCUT2D eigenvalue weighted by Gasteiger charge is 2.19. The molecule has 0 saturated heterocycles. The number of amides is 2. The highest BCUT2D eigenvalue weighted by Crippen LogP contribution is 2.04. The van der Waals surface area contributed by atoms with E-state index in [9.17, 15) is 18.8 Å². The molecule has 0 aliphatic heterocycles. The molecule has 2 N–H and O–H groups in total. The summed E-state index contributed by atoms with van der Waals surface area (Å²) in [6.45, 7) is 1.68. The molecule has 102 valence electrons. The number of hydrogen-bond donors (Lipinski definition) is 1. The maximum absolute atomic E-state index is 12.7. The summed E-state index contributed by atoms with van der Waals surface area (Å²) in [5.41, 5.74) is 5.52. The van der Waals surface area contributed by atoms with Gasteiger partial charge in [-0.25, -0.2) is 4.39 Å². The number of likely N-dealkylation sites (N-methyl/N-ethyl adjacent to an activating group) is 1. The van der Waals surface area contributed by atoms with Gasteiger partial charge < -0.3 is 10.6 Å². The van der Waals surface area contributed by atoms with Crippen molar-refractivity contribution in [2.45, 2.75) is 13.3 Å². The largest absolute Gasteiger partial charge is 0.361 e. The number of Topliss-reactive ketones (excluding diaryl/α,β-unsaturated/α-hetero) is 1. The fourth-order valence-corrected chi connectivity index (χ4v) is 1.58. The highest BCUT2D eigenvalue weighted by molar-refractivity contribution is 6.34. The van der Waals surface area contributed by atoms with Gasteiger partial charge in [-0.2, -0.15) is 0 Å². The van der Waals surface area contributed by atoms with Crippen LogP contribution in [0.1, 0.15) is 12.5 Å². The van der Waals surface area contributed by atoms with E-state index in [1.54, 1.807) is 6.92 Å². The molecule has 0 heterocycles. The van der Waals surface area contributed by atoms with Crippen LogP contribution in [-0.4, -0.2) is 35.6 Å². The first-order chi connectivity index (χ1) is 8.93. The monoisotopic (exact) mass is 266 g/mol. The molecule has 5 nitrogen and oxygen atoms in total. The molecule has 0 aliphatic rings. The molecule has 0 atom stereocenters. The van der Waals surface area contributed by atoms with Gasteiger partial charge in [-0.15, -0.1) is 0 Å². The summed E-state index contributed by atoms with van der Waals surface area (Å²) in [5.74, 6) is -2.59. The zero-order chi connectivity index (χ0) is 14.4. The van der Waals surface area contributed by atoms with Crippen LogP contribution in [0.5, 0.6) is 0 Å². The maximum Gasteiger partial charge on any atom is 0.312 e. The molecule has 0 radical (unpaired) electrons. The Kier molecular flexibility index (Phi) is 5.17. The molecular weight excluding hydrogens is 251 g/mol. The molecule has 1 rings (SSSR count). The average Bonchev–Trinajstić information content (AvgIpc) is 2.37. The predicted octanol–water partition coefficient (Wildman–Crippen LogP) is 0.271. The summed E-state index contributed by atoms with van der Waals surface area (Å²) in [6, 6.07) is 5.52. The third kappa shape index (κ3) is 4.50. The van der Waals surface area contributed by atoms with Crippen molar-refractivity contribution in [1.82, 2.24) is 4.90 Å². The minimum absolute atomic E-state index is 0.0722. The summed E-state index contributed by atoms with van der Waals surface area (Å²) >= 11 is 0. The molecule has 19 heavy (non-hydrogen) atoms. The van der Waals surface area contributed by atoms with Gasteiger partial charge in [0, 0.05) is 13.0 Å². The van der Waals surface area contributed by atoms with Gasteiger partial charge in [0.15, 0.2) is 5.78 Å². The van der Waals surface area contributed by atoms with E-state index in [0.29, 0.717) is 5.56 Å². The molecule has 2 amide bonds. The maximum atomic E-state index is 12.7. The lowest BCUT2D eigenvalue weighted by molar-refractivity contribution is -0.145. The molecule has 0 bridgehead atoms. The molecule has 6 heteroatoms. The van der Waals surface area contributed by atoms with E-state index >= 15 is 0 Å². The van der Waals surface area contributed by atoms with Crippen LogP contribution in [0.2, 0.25) is 0 Å². The van der Waals surface area contributed by atoms with Crippen LogP contribution < -0.4 is 5.73 Å². The van der Waals surface area contributed by atoms with E-state index in [4.69, 9.17) is 5.73 Å². The first-order valence-corrected chi connectivity index (χ1v) is 5.79. The average molecular weight is 266 g/mol. The molecule has 0 spiro atoms. The van der Waals surface area contributed by atoms with E-state index < -0.39 is 11.8 Å². The standard InChI is InChI=1S/C13H15FN2O3/c1-2-16(13(19)12(15)18)8-11(17)7-9-3-5-10(14)6-4-9/h3-6H,2,7-8H2,1H3,(H2,15,18). The fourth-order valence-electron chi connectivity index (χ4n) is 1.58. The van der Waals surface area contributed by atoms with Crippen molar-refractivity contribution in [2.24, 2.45) is 5.73 Å². The van der Waals surface area contributed by atoms with Gasteiger partial charge in [0.25, 0.3) is 0 Å². The van der Waals surface area contributed by atoms with Gasteiger partial charge in [0.05, 0.1) is 6.54 Å².